The molecule has 104 valence electrons. The van der Waals surface area contributed by atoms with Crippen LogP contribution in [-0.4, -0.2) is 35.8 Å². The number of carbonyl (C=O) groups excluding carboxylic acids is 1. The predicted molar refractivity (Wildman–Crippen MR) is 83.9 cm³/mol. The van der Waals surface area contributed by atoms with Crippen molar-refractivity contribution < 1.29 is 4.79 Å². The van der Waals surface area contributed by atoms with Gasteiger partial charge in [-0.1, -0.05) is 34.1 Å². The van der Waals surface area contributed by atoms with E-state index in [4.69, 9.17) is 0 Å². The molecule has 0 amide bonds. The van der Waals surface area contributed by atoms with E-state index in [0.717, 1.165) is 28.7 Å². The standard InChI is InChI=1S/C16H17BrN2O/c1-19(11-9-15-4-2-3-10-18-15)12-16(20)13-5-7-14(17)8-6-13/h2-8,10H,9,11-12H2,1H3. The Balaban J connectivity index is 1.83. The van der Waals surface area contributed by atoms with Gasteiger partial charge in [0, 0.05) is 34.9 Å². The molecule has 0 saturated carbocycles. The molecule has 0 atom stereocenters. The zero-order chi connectivity index (χ0) is 14.4. The van der Waals surface area contributed by atoms with Crippen LogP contribution in [0, 0.1) is 0 Å². The summed E-state index contributed by atoms with van der Waals surface area (Å²) < 4.78 is 0.984. The first kappa shape index (κ1) is 14.9. The van der Waals surface area contributed by atoms with Gasteiger partial charge in [-0.05, 0) is 31.3 Å². The second-order valence-electron chi connectivity index (χ2n) is 4.74. The van der Waals surface area contributed by atoms with E-state index in [1.165, 1.54) is 0 Å². The number of carbonyl (C=O) groups is 1. The van der Waals surface area contributed by atoms with Gasteiger partial charge < -0.3 is 0 Å². The normalized spacial score (nSPS) is 10.8. The molecule has 0 radical (unpaired) electrons. The van der Waals surface area contributed by atoms with E-state index in [9.17, 15) is 4.79 Å². The number of aromatic nitrogens is 1. The third kappa shape index (κ3) is 4.54. The smallest absolute Gasteiger partial charge is 0.176 e. The molecule has 0 fully saturated rings. The Morgan fingerprint density at radius 1 is 1.20 bits per heavy atom. The minimum atomic E-state index is 0.140. The Morgan fingerprint density at radius 3 is 2.60 bits per heavy atom. The molecule has 1 aromatic carbocycles. The van der Waals surface area contributed by atoms with Crippen LogP contribution in [0.1, 0.15) is 16.1 Å². The van der Waals surface area contributed by atoms with E-state index in [1.54, 1.807) is 6.20 Å². The first-order valence-electron chi connectivity index (χ1n) is 6.52. The lowest BCUT2D eigenvalue weighted by atomic mass is 10.1. The van der Waals surface area contributed by atoms with Gasteiger partial charge in [0.25, 0.3) is 0 Å². The topological polar surface area (TPSA) is 33.2 Å². The van der Waals surface area contributed by atoms with Gasteiger partial charge in [0.05, 0.1) is 6.54 Å². The molecule has 0 aliphatic carbocycles. The molecule has 1 aromatic heterocycles. The summed E-state index contributed by atoms with van der Waals surface area (Å²) in [5.74, 6) is 0.140. The number of halogens is 1. The lowest BCUT2D eigenvalue weighted by molar-refractivity contribution is 0.0946. The summed E-state index contributed by atoms with van der Waals surface area (Å²) in [4.78, 5) is 18.4. The highest BCUT2D eigenvalue weighted by Gasteiger charge is 2.09. The third-order valence-electron chi connectivity index (χ3n) is 3.06. The fourth-order valence-electron chi connectivity index (χ4n) is 1.90. The van der Waals surface area contributed by atoms with Gasteiger partial charge in [-0.25, -0.2) is 0 Å². The van der Waals surface area contributed by atoms with Crippen LogP contribution >= 0.6 is 15.9 Å². The SMILES string of the molecule is CN(CCc1ccccn1)CC(=O)c1ccc(Br)cc1. The molecule has 2 aromatic rings. The molecule has 0 saturated heterocycles. The second kappa shape index (κ2) is 7.31. The molecule has 3 nitrogen and oxygen atoms in total. The zero-order valence-electron chi connectivity index (χ0n) is 11.4. The number of hydrogen-bond donors (Lipinski definition) is 0. The summed E-state index contributed by atoms with van der Waals surface area (Å²) in [6.07, 6.45) is 2.65. The summed E-state index contributed by atoms with van der Waals surface area (Å²) in [5.41, 5.74) is 1.80. The number of rotatable bonds is 6. The summed E-state index contributed by atoms with van der Waals surface area (Å²) >= 11 is 3.37. The van der Waals surface area contributed by atoms with Crippen LogP contribution in [-0.2, 0) is 6.42 Å². The highest BCUT2D eigenvalue weighted by Crippen LogP contribution is 2.11. The number of likely N-dealkylation sites (N-methyl/N-ethyl adjacent to an activating group) is 1. The van der Waals surface area contributed by atoms with Crippen molar-refractivity contribution in [3.63, 3.8) is 0 Å². The molecule has 0 unspecified atom stereocenters. The van der Waals surface area contributed by atoms with Gasteiger partial charge >= 0.3 is 0 Å². The maximum absolute atomic E-state index is 12.1. The minimum Gasteiger partial charge on any atom is -0.299 e. The van der Waals surface area contributed by atoms with Gasteiger partial charge in [0.15, 0.2) is 5.78 Å². The highest BCUT2D eigenvalue weighted by molar-refractivity contribution is 9.10. The molecule has 4 heteroatoms. The van der Waals surface area contributed by atoms with Crippen molar-refractivity contribution >= 4 is 21.7 Å². The number of hydrogen-bond acceptors (Lipinski definition) is 3. The van der Waals surface area contributed by atoms with E-state index in [1.807, 2.05) is 54.4 Å². The van der Waals surface area contributed by atoms with Gasteiger partial charge in [0.1, 0.15) is 0 Å². The van der Waals surface area contributed by atoms with Gasteiger partial charge in [0.2, 0.25) is 0 Å². The lowest BCUT2D eigenvalue weighted by Gasteiger charge is -2.15. The largest absolute Gasteiger partial charge is 0.299 e. The van der Waals surface area contributed by atoms with Crippen molar-refractivity contribution in [2.24, 2.45) is 0 Å². The number of ketones is 1. The van der Waals surface area contributed by atoms with Crippen LogP contribution in [0.4, 0.5) is 0 Å². The number of nitrogens with zero attached hydrogens (tertiary/aromatic N) is 2. The highest BCUT2D eigenvalue weighted by atomic mass is 79.9. The van der Waals surface area contributed by atoms with Crippen LogP contribution in [0.2, 0.25) is 0 Å². The second-order valence-corrected chi connectivity index (χ2v) is 5.65. The van der Waals surface area contributed by atoms with Crippen LogP contribution < -0.4 is 0 Å². The Morgan fingerprint density at radius 2 is 1.95 bits per heavy atom. The van der Waals surface area contributed by atoms with Crippen molar-refractivity contribution in [1.82, 2.24) is 9.88 Å². The van der Waals surface area contributed by atoms with Crippen LogP contribution in [0.15, 0.2) is 53.1 Å². The first-order chi connectivity index (χ1) is 9.65. The fraction of sp³-hybridized carbons (Fsp3) is 0.250. The van der Waals surface area contributed by atoms with Gasteiger partial charge in [-0.15, -0.1) is 0 Å². The third-order valence-corrected chi connectivity index (χ3v) is 3.58. The summed E-state index contributed by atoms with van der Waals surface area (Å²) in [6.45, 7) is 1.24. The molecular weight excluding hydrogens is 316 g/mol. The molecule has 20 heavy (non-hydrogen) atoms. The van der Waals surface area contributed by atoms with Crippen molar-refractivity contribution in [1.29, 1.82) is 0 Å². The molecule has 0 aliphatic heterocycles. The summed E-state index contributed by atoms with van der Waals surface area (Å²) in [6, 6.07) is 13.4. The average molecular weight is 333 g/mol. The average Bonchev–Trinajstić information content (AvgIpc) is 2.47. The Kier molecular flexibility index (Phi) is 5.44. The number of benzene rings is 1. The Hall–Kier alpha value is -1.52. The Bertz CT molecular complexity index is 554. The molecule has 2 rings (SSSR count). The van der Waals surface area contributed by atoms with Crippen molar-refractivity contribution in [2.75, 3.05) is 20.1 Å². The number of pyridine rings is 1. The van der Waals surface area contributed by atoms with Crippen molar-refractivity contribution in [3.8, 4) is 0 Å². The zero-order valence-corrected chi connectivity index (χ0v) is 13.0. The monoisotopic (exact) mass is 332 g/mol. The van der Waals surface area contributed by atoms with Crippen LogP contribution in [0.5, 0.6) is 0 Å². The minimum absolute atomic E-state index is 0.140. The van der Waals surface area contributed by atoms with Crippen LogP contribution in [0.25, 0.3) is 0 Å². The fourth-order valence-corrected chi connectivity index (χ4v) is 2.17. The van der Waals surface area contributed by atoms with Crippen molar-refractivity contribution in [3.05, 3.63) is 64.4 Å². The quantitative estimate of drug-likeness (QED) is 0.761. The van der Waals surface area contributed by atoms with Gasteiger partial charge in [-0.3, -0.25) is 14.7 Å². The molecular formula is C16H17BrN2O. The molecule has 0 bridgehead atoms. The summed E-state index contributed by atoms with van der Waals surface area (Å²) in [7, 11) is 1.96. The van der Waals surface area contributed by atoms with E-state index in [-0.39, 0.29) is 5.78 Å². The van der Waals surface area contributed by atoms with E-state index < -0.39 is 0 Å². The van der Waals surface area contributed by atoms with E-state index in [0.29, 0.717) is 6.54 Å². The maximum Gasteiger partial charge on any atom is 0.176 e. The van der Waals surface area contributed by atoms with Crippen molar-refractivity contribution in [2.45, 2.75) is 6.42 Å². The predicted octanol–water partition coefficient (Wildman–Crippen LogP) is 3.20. The van der Waals surface area contributed by atoms with Crippen LogP contribution in [0.3, 0.4) is 0 Å². The molecule has 1 heterocycles. The lowest BCUT2D eigenvalue weighted by Crippen LogP contribution is -2.28. The first-order valence-corrected chi connectivity index (χ1v) is 7.31. The van der Waals surface area contributed by atoms with E-state index >= 15 is 0 Å². The molecule has 0 spiro atoms. The van der Waals surface area contributed by atoms with E-state index in [2.05, 4.69) is 20.9 Å². The molecule has 0 aliphatic rings. The van der Waals surface area contributed by atoms with Gasteiger partial charge in [-0.2, -0.15) is 0 Å². The molecule has 0 N–H and O–H groups in total. The maximum atomic E-state index is 12.1. The number of Topliss-reactive ketones (excluding diaryl/α,β-unsaturated/α-hetero) is 1. The Labute approximate surface area is 127 Å². The summed E-state index contributed by atoms with van der Waals surface area (Å²) in [5, 5.41) is 0.